The van der Waals surface area contributed by atoms with E-state index in [2.05, 4.69) is 69.8 Å². The SMILES string of the molecule is Nc1ccc2ccn(Cc3ccc(I)cc3)c2c1. The van der Waals surface area contributed by atoms with Crippen LogP contribution in [0.2, 0.25) is 0 Å². The number of anilines is 1. The molecule has 2 N–H and O–H groups in total. The van der Waals surface area contributed by atoms with Gasteiger partial charge in [-0.3, -0.25) is 0 Å². The van der Waals surface area contributed by atoms with Gasteiger partial charge >= 0.3 is 0 Å². The molecular weight excluding hydrogens is 335 g/mol. The molecule has 0 radical (unpaired) electrons. The number of benzene rings is 2. The molecule has 18 heavy (non-hydrogen) atoms. The van der Waals surface area contributed by atoms with Gasteiger partial charge in [0.05, 0.1) is 5.52 Å². The molecule has 0 unspecified atom stereocenters. The summed E-state index contributed by atoms with van der Waals surface area (Å²) in [5.74, 6) is 0. The molecule has 0 amide bonds. The number of nitrogens with two attached hydrogens (primary N) is 1. The van der Waals surface area contributed by atoms with E-state index in [1.54, 1.807) is 0 Å². The summed E-state index contributed by atoms with van der Waals surface area (Å²) in [6.07, 6.45) is 2.11. The Kier molecular flexibility index (Phi) is 2.99. The molecule has 2 nitrogen and oxygen atoms in total. The summed E-state index contributed by atoms with van der Waals surface area (Å²) >= 11 is 2.32. The van der Waals surface area contributed by atoms with Gasteiger partial charge in [-0.25, -0.2) is 0 Å². The average Bonchev–Trinajstić information content (AvgIpc) is 2.75. The first-order chi connectivity index (χ1) is 8.72. The molecule has 0 saturated carbocycles. The van der Waals surface area contributed by atoms with Crippen LogP contribution in [0, 0.1) is 3.57 Å². The third-order valence-corrected chi connectivity index (χ3v) is 3.78. The van der Waals surface area contributed by atoms with E-state index in [1.165, 1.54) is 20.0 Å². The van der Waals surface area contributed by atoms with Crippen LogP contribution in [0.1, 0.15) is 5.56 Å². The summed E-state index contributed by atoms with van der Waals surface area (Å²) < 4.78 is 3.49. The summed E-state index contributed by atoms with van der Waals surface area (Å²) in [5.41, 5.74) is 9.15. The number of aromatic nitrogens is 1. The second-order valence-corrected chi connectivity index (χ2v) is 5.63. The Morgan fingerprint density at radius 1 is 1.00 bits per heavy atom. The highest BCUT2D eigenvalue weighted by Gasteiger charge is 2.02. The van der Waals surface area contributed by atoms with Crippen LogP contribution in [0.3, 0.4) is 0 Å². The third-order valence-electron chi connectivity index (χ3n) is 3.06. The lowest BCUT2D eigenvalue weighted by Gasteiger charge is -2.06. The van der Waals surface area contributed by atoms with Crippen molar-refractivity contribution in [3.05, 3.63) is 63.9 Å². The molecule has 0 aliphatic heterocycles. The zero-order chi connectivity index (χ0) is 12.5. The van der Waals surface area contributed by atoms with Crippen LogP contribution in [-0.4, -0.2) is 4.57 Å². The molecule has 90 valence electrons. The van der Waals surface area contributed by atoms with Crippen molar-refractivity contribution in [3.8, 4) is 0 Å². The molecule has 0 bridgehead atoms. The smallest absolute Gasteiger partial charge is 0.0504 e. The van der Waals surface area contributed by atoms with Gasteiger partial charge in [0.25, 0.3) is 0 Å². The number of rotatable bonds is 2. The molecule has 3 heteroatoms. The summed E-state index contributed by atoms with van der Waals surface area (Å²) in [6.45, 7) is 0.879. The fourth-order valence-electron chi connectivity index (χ4n) is 2.13. The molecule has 0 saturated heterocycles. The van der Waals surface area contributed by atoms with Gasteiger partial charge in [0.2, 0.25) is 0 Å². The van der Waals surface area contributed by atoms with Crippen molar-refractivity contribution in [2.45, 2.75) is 6.54 Å². The first-order valence-electron chi connectivity index (χ1n) is 5.81. The minimum Gasteiger partial charge on any atom is -0.399 e. The first-order valence-corrected chi connectivity index (χ1v) is 6.89. The molecule has 0 spiro atoms. The Labute approximate surface area is 120 Å². The molecule has 0 fully saturated rings. The highest BCUT2D eigenvalue weighted by molar-refractivity contribution is 14.1. The van der Waals surface area contributed by atoms with Crippen molar-refractivity contribution in [1.29, 1.82) is 0 Å². The van der Waals surface area contributed by atoms with Crippen molar-refractivity contribution in [2.75, 3.05) is 5.73 Å². The quantitative estimate of drug-likeness (QED) is 0.553. The standard InChI is InChI=1S/C15H13IN2/c16-13-4-1-11(2-5-13)10-18-8-7-12-3-6-14(17)9-15(12)18/h1-9H,10,17H2. The average molecular weight is 348 g/mol. The summed E-state index contributed by atoms with van der Waals surface area (Å²) in [5, 5.41) is 1.23. The summed E-state index contributed by atoms with van der Waals surface area (Å²) in [4.78, 5) is 0. The van der Waals surface area contributed by atoms with Gasteiger partial charge in [-0.05, 0) is 63.9 Å². The predicted molar refractivity (Wildman–Crippen MR) is 84.6 cm³/mol. The van der Waals surface area contributed by atoms with E-state index in [9.17, 15) is 0 Å². The Balaban J connectivity index is 1.99. The van der Waals surface area contributed by atoms with Gasteiger partial charge in [-0.2, -0.15) is 0 Å². The number of hydrogen-bond acceptors (Lipinski definition) is 1. The van der Waals surface area contributed by atoms with Crippen LogP contribution in [-0.2, 0) is 6.54 Å². The van der Waals surface area contributed by atoms with Gasteiger partial charge in [-0.15, -0.1) is 0 Å². The van der Waals surface area contributed by atoms with Crippen molar-refractivity contribution in [2.24, 2.45) is 0 Å². The Morgan fingerprint density at radius 3 is 2.56 bits per heavy atom. The van der Waals surface area contributed by atoms with E-state index in [0.717, 1.165) is 12.2 Å². The van der Waals surface area contributed by atoms with Crippen molar-refractivity contribution >= 4 is 39.2 Å². The maximum absolute atomic E-state index is 5.85. The number of hydrogen-bond donors (Lipinski definition) is 1. The predicted octanol–water partition coefficient (Wildman–Crippen LogP) is 3.88. The lowest BCUT2D eigenvalue weighted by molar-refractivity contribution is 0.837. The van der Waals surface area contributed by atoms with Crippen LogP contribution in [0.15, 0.2) is 54.7 Å². The zero-order valence-electron chi connectivity index (χ0n) is 9.81. The zero-order valence-corrected chi connectivity index (χ0v) is 12.0. The van der Waals surface area contributed by atoms with E-state index < -0.39 is 0 Å². The fraction of sp³-hybridized carbons (Fsp3) is 0.0667. The van der Waals surface area contributed by atoms with Gasteiger partial charge in [0.1, 0.15) is 0 Å². The lowest BCUT2D eigenvalue weighted by atomic mass is 10.2. The number of nitrogen functional groups attached to an aromatic ring is 1. The van der Waals surface area contributed by atoms with Crippen LogP contribution in [0.5, 0.6) is 0 Å². The Hall–Kier alpha value is -1.49. The van der Waals surface area contributed by atoms with E-state index >= 15 is 0 Å². The Morgan fingerprint density at radius 2 is 1.78 bits per heavy atom. The highest BCUT2D eigenvalue weighted by Crippen LogP contribution is 2.20. The summed E-state index contributed by atoms with van der Waals surface area (Å²) in [6, 6.07) is 16.8. The second-order valence-electron chi connectivity index (χ2n) is 4.39. The monoisotopic (exact) mass is 348 g/mol. The van der Waals surface area contributed by atoms with Crippen molar-refractivity contribution in [3.63, 3.8) is 0 Å². The largest absolute Gasteiger partial charge is 0.399 e. The Bertz CT molecular complexity index is 683. The lowest BCUT2D eigenvalue weighted by Crippen LogP contribution is -1.98. The molecule has 0 aliphatic carbocycles. The maximum Gasteiger partial charge on any atom is 0.0504 e. The minimum absolute atomic E-state index is 0.810. The minimum atomic E-state index is 0.810. The number of nitrogens with zero attached hydrogens (tertiary/aromatic N) is 1. The van der Waals surface area contributed by atoms with Crippen LogP contribution in [0.25, 0.3) is 10.9 Å². The molecule has 3 aromatic rings. The molecule has 2 aromatic carbocycles. The van der Waals surface area contributed by atoms with Crippen LogP contribution in [0.4, 0.5) is 5.69 Å². The second kappa shape index (κ2) is 4.65. The first kappa shape index (κ1) is 11.6. The normalized spacial score (nSPS) is 10.9. The van der Waals surface area contributed by atoms with E-state index in [-0.39, 0.29) is 0 Å². The fourth-order valence-corrected chi connectivity index (χ4v) is 2.48. The van der Waals surface area contributed by atoms with Crippen molar-refractivity contribution < 1.29 is 0 Å². The van der Waals surface area contributed by atoms with E-state index in [4.69, 9.17) is 5.73 Å². The third kappa shape index (κ3) is 2.22. The summed E-state index contributed by atoms with van der Waals surface area (Å²) in [7, 11) is 0. The molecule has 1 heterocycles. The van der Waals surface area contributed by atoms with Crippen LogP contribution >= 0.6 is 22.6 Å². The number of halogens is 1. The van der Waals surface area contributed by atoms with E-state index in [1.807, 2.05) is 12.1 Å². The van der Waals surface area contributed by atoms with Crippen LogP contribution < -0.4 is 5.73 Å². The molecular formula is C15H13IN2. The molecule has 1 aromatic heterocycles. The van der Waals surface area contributed by atoms with Gasteiger partial charge in [-0.1, -0.05) is 18.2 Å². The molecule has 0 atom stereocenters. The number of fused-ring (bicyclic) bond motifs is 1. The molecule has 0 aliphatic rings. The van der Waals surface area contributed by atoms with Gasteiger partial charge < -0.3 is 10.3 Å². The van der Waals surface area contributed by atoms with E-state index in [0.29, 0.717) is 0 Å². The highest BCUT2D eigenvalue weighted by atomic mass is 127. The topological polar surface area (TPSA) is 30.9 Å². The van der Waals surface area contributed by atoms with Gasteiger partial charge in [0.15, 0.2) is 0 Å². The maximum atomic E-state index is 5.85. The molecule has 3 rings (SSSR count). The van der Waals surface area contributed by atoms with Crippen molar-refractivity contribution in [1.82, 2.24) is 4.57 Å². The van der Waals surface area contributed by atoms with Gasteiger partial charge in [0, 0.05) is 22.0 Å².